The third kappa shape index (κ3) is 4.75. The highest BCUT2D eigenvalue weighted by molar-refractivity contribution is 7.22. The smallest absolute Gasteiger partial charge is 0.280 e. The van der Waals surface area contributed by atoms with Gasteiger partial charge in [-0.2, -0.15) is 0 Å². The SMILES string of the molecule is CCOc1cccc2sc(N(CCCN3CCOCC3)C(=O)c3cnccn3)nc12. The molecule has 0 N–H and O–H groups in total. The molecule has 1 aliphatic heterocycles. The summed E-state index contributed by atoms with van der Waals surface area (Å²) in [5.74, 6) is 0.541. The number of para-hydroxylation sites is 1. The van der Waals surface area contributed by atoms with Crippen molar-refractivity contribution in [1.82, 2.24) is 19.9 Å². The van der Waals surface area contributed by atoms with Crippen molar-refractivity contribution in [1.29, 1.82) is 0 Å². The number of hydrogen-bond donors (Lipinski definition) is 0. The van der Waals surface area contributed by atoms with Crippen LogP contribution in [-0.2, 0) is 4.74 Å². The molecular formula is C21H25N5O3S. The molecule has 0 aliphatic carbocycles. The second-order valence-corrected chi connectivity index (χ2v) is 7.90. The maximum atomic E-state index is 13.2. The van der Waals surface area contributed by atoms with Gasteiger partial charge in [-0.1, -0.05) is 17.4 Å². The van der Waals surface area contributed by atoms with Crippen LogP contribution in [0.3, 0.4) is 0 Å². The molecule has 0 spiro atoms. The van der Waals surface area contributed by atoms with E-state index in [2.05, 4.69) is 14.9 Å². The minimum atomic E-state index is -0.193. The summed E-state index contributed by atoms with van der Waals surface area (Å²) in [7, 11) is 0. The Kier molecular flexibility index (Phi) is 6.83. The predicted molar refractivity (Wildman–Crippen MR) is 116 cm³/mol. The summed E-state index contributed by atoms with van der Waals surface area (Å²) < 4.78 is 12.1. The molecule has 0 saturated carbocycles. The molecule has 0 bridgehead atoms. The van der Waals surface area contributed by atoms with E-state index in [0.717, 1.165) is 55.2 Å². The largest absolute Gasteiger partial charge is 0.492 e. The number of carbonyl (C=O) groups excluding carboxylic acids is 1. The zero-order chi connectivity index (χ0) is 20.8. The molecule has 30 heavy (non-hydrogen) atoms. The van der Waals surface area contributed by atoms with Crippen LogP contribution in [0.5, 0.6) is 5.75 Å². The lowest BCUT2D eigenvalue weighted by Gasteiger charge is -2.27. The van der Waals surface area contributed by atoms with Gasteiger partial charge < -0.3 is 9.47 Å². The normalized spacial score (nSPS) is 14.7. The van der Waals surface area contributed by atoms with Crippen LogP contribution in [0.4, 0.5) is 5.13 Å². The van der Waals surface area contributed by atoms with E-state index < -0.39 is 0 Å². The molecule has 1 aliphatic rings. The Balaban J connectivity index is 1.58. The standard InChI is InChI=1S/C21H25N5O3S/c1-2-29-17-5-3-6-18-19(17)24-21(30-18)26(20(27)16-15-22-7-8-23-16)10-4-9-25-11-13-28-14-12-25/h3,5-8,15H,2,4,9-14H2,1H3. The van der Waals surface area contributed by atoms with Gasteiger partial charge in [-0.15, -0.1) is 0 Å². The molecular weight excluding hydrogens is 402 g/mol. The molecule has 1 fully saturated rings. The summed E-state index contributed by atoms with van der Waals surface area (Å²) in [6.45, 7) is 7.35. The highest BCUT2D eigenvalue weighted by atomic mass is 32.1. The average molecular weight is 428 g/mol. The van der Waals surface area contributed by atoms with Gasteiger partial charge in [0.2, 0.25) is 0 Å². The Bertz CT molecular complexity index is 975. The Morgan fingerprint density at radius 3 is 2.93 bits per heavy atom. The first kappa shape index (κ1) is 20.6. The van der Waals surface area contributed by atoms with E-state index in [0.29, 0.717) is 24.0 Å². The number of morpholine rings is 1. The van der Waals surface area contributed by atoms with Crippen LogP contribution in [0.25, 0.3) is 10.2 Å². The van der Waals surface area contributed by atoms with Crippen LogP contribution in [0.1, 0.15) is 23.8 Å². The minimum Gasteiger partial charge on any atom is -0.492 e. The molecule has 1 saturated heterocycles. The van der Waals surface area contributed by atoms with Gasteiger partial charge in [0.25, 0.3) is 5.91 Å². The van der Waals surface area contributed by atoms with Gasteiger partial charge in [-0.3, -0.25) is 19.6 Å². The van der Waals surface area contributed by atoms with Gasteiger partial charge in [-0.25, -0.2) is 9.97 Å². The van der Waals surface area contributed by atoms with Crippen molar-refractivity contribution in [2.24, 2.45) is 0 Å². The Labute approximate surface area is 179 Å². The third-order valence-electron chi connectivity index (χ3n) is 4.89. The van der Waals surface area contributed by atoms with E-state index >= 15 is 0 Å². The summed E-state index contributed by atoms with van der Waals surface area (Å²) in [6, 6.07) is 5.85. The molecule has 1 amide bonds. The maximum absolute atomic E-state index is 13.2. The summed E-state index contributed by atoms with van der Waals surface area (Å²) >= 11 is 1.49. The number of hydrogen-bond acceptors (Lipinski definition) is 8. The first-order valence-electron chi connectivity index (χ1n) is 10.2. The van der Waals surface area contributed by atoms with Crippen molar-refractivity contribution < 1.29 is 14.3 Å². The number of ether oxygens (including phenoxy) is 2. The fourth-order valence-corrected chi connectivity index (χ4v) is 4.42. The van der Waals surface area contributed by atoms with Crippen LogP contribution in [0.15, 0.2) is 36.8 Å². The average Bonchev–Trinajstić information content (AvgIpc) is 3.23. The molecule has 8 nitrogen and oxygen atoms in total. The summed E-state index contributed by atoms with van der Waals surface area (Å²) in [5, 5.41) is 0.648. The summed E-state index contributed by atoms with van der Waals surface area (Å²) in [4.78, 5) is 30.3. The van der Waals surface area contributed by atoms with E-state index in [4.69, 9.17) is 14.5 Å². The van der Waals surface area contributed by atoms with E-state index in [9.17, 15) is 4.79 Å². The number of aromatic nitrogens is 3. The molecule has 0 atom stereocenters. The van der Waals surface area contributed by atoms with Crippen molar-refractivity contribution in [3.63, 3.8) is 0 Å². The molecule has 0 unspecified atom stereocenters. The maximum Gasteiger partial charge on any atom is 0.280 e. The van der Waals surface area contributed by atoms with Crippen molar-refractivity contribution in [3.05, 3.63) is 42.5 Å². The molecule has 2 aromatic heterocycles. The molecule has 4 rings (SSSR count). The van der Waals surface area contributed by atoms with Crippen molar-refractivity contribution in [2.75, 3.05) is 50.9 Å². The van der Waals surface area contributed by atoms with Gasteiger partial charge in [0.05, 0.1) is 30.7 Å². The lowest BCUT2D eigenvalue weighted by Crippen LogP contribution is -2.39. The van der Waals surface area contributed by atoms with Crippen molar-refractivity contribution in [3.8, 4) is 5.75 Å². The molecule has 9 heteroatoms. The number of fused-ring (bicyclic) bond motifs is 1. The summed E-state index contributed by atoms with van der Waals surface area (Å²) in [6.07, 6.45) is 5.42. The van der Waals surface area contributed by atoms with Crippen LogP contribution in [-0.4, -0.2) is 71.8 Å². The van der Waals surface area contributed by atoms with Crippen LogP contribution in [0, 0.1) is 0 Å². The van der Waals surface area contributed by atoms with E-state index in [1.165, 1.54) is 23.7 Å². The van der Waals surface area contributed by atoms with Crippen LogP contribution < -0.4 is 9.64 Å². The number of nitrogens with zero attached hydrogens (tertiary/aromatic N) is 5. The predicted octanol–water partition coefficient (Wildman–Crippen LogP) is 2.85. The number of thiazole rings is 1. The Morgan fingerprint density at radius 1 is 1.30 bits per heavy atom. The first-order chi connectivity index (χ1) is 14.8. The quantitative estimate of drug-likeness (QED) is 0.547. The van der Waals surface area contributed by atoms with Crippen molar-refractivity contribution >= 4 is 32.6 Å². The number of benzene rings is 1. The molecule has 0 radical (unpaired) electrons. The van der Waals surface area contributed by atoms with Crippen LogP contribution >= 0.6 is 11.3 Å². The van der Waals surface area contributed by atoms with Crippen molar-refractivity contribution in [2.45, 2.75) is 13.3 Å². The highest BCUT2D eigenvalue weighted by Gasteiger charge is 2.23. The highest BCUT2D eigenvalue weighted by Crippen LogP contribution is 2.34. The fourth-order valence-electron chi connectivity index (χ4n) is 3.41. The summed E-state index contributed by atoms with van der Waals surface area (Å²) in [5.41, 5.74) is 1.10. The van der Waals surface area contributed by atoms with Gasteiger partial charge in [0.15, 0.2) is 5.13 Å². The van der Waals surface area contributed by atoms with Gasteiger partial charge in [-0.05, 0) is 25.5 Å². The number of rotatable bonds is 8. The van der Waals surface area contributed by atoms with Gasteiger partial charge in [0, 0.05) is 38.6 Å². The molecule has 3 heterocycles. The van der Waals surface area contributed by atoms with E-state index in [1.54, 1.807) is 11.1 Å². The lowest BCUT2D eigenvalue weighted by atomic mass is 10.3. The molecule has 3 aromatic rings. The monoisotopic (exact) mass is 427 g/mol. The zero-order valence-corrected chi connectivity index (χ0v) is 17.8. The first-order valence-corrected chi connectivity index (χ1v) is 11.0. The molecule has 158 valence electrons. The van der Waals surface area contributed by atoms with Crippen LogP contribution in [0.2, 0.25) is 0 Å². The van der Waals surface area contributed by atoms with Gasteiger partial charge >= 0.3 is 0 Å². The fraction of sp³-hybridized carbons (Fsp3) is 0.429. The number of amides is 1. The topological polar surface area (TPSA) is 80.7 Å². The zero-order valence-electron chi connectivity index (χ0n) is 17.0. The third-order valence-corrected chi connectivity index (χ3v) is 5.93. The lowest BCUT2D eigenvalue weighted by molar-refractivity contribution is 0.0376. The molecule has 1 aromatic carbocycles. The second-order valence-electron chi connectivity index (χ2n) is 6.89. The Hall–Kier alpha value is -2.62. The minimum absolute atomic E-state index is 0.193. The second kappa shape index (κ2) is 9.92. The van der Waals surface area contributed by atoms with E-state index in [-0.39, 0.29) is 5.91 Å². The number of carbonyl (C=O) groups is 1. The van der Waals surface area contributed by atoms with Gasteiger partial charge in [0.1, 0.15) is 17.0 Å². The van der Waals surface area contributed by atoms with E-state index in [1.807, 2.05) is 25.1 Å². The Morgan fingerprint density at radius 2 is 2.17 bits per heavy atom. The number of anilines is 1.